The van der Waals surface area contributed by atoms with Crippen molar-refractivity contribution < 1.29 is 42.5 Å². The van der Waals surface area contributed by atoms with Gasteiger partial charge in [0.1, 0.15) is 36.8 Å². The lowest BCUT2D eigenvalue weighted by Gasteiger charge is -2.30. The van der Waals surface area contributed by atoms with Gasteiger partial charge in [-0.25, -0.2) is 9.36 Å². The Balaban J connectivity index is 1.39. The number of carbonyl (C=O) groups is 1. The van der Waals surface area contributed by atoms with Crippen LogP contribution in [0, 0.1) is 5.82 Å². The second-order valence-corrected chi connectivity index (χ2v) is 12.0. The Morgan fingerprint density at radius 3 is 2.60 bits per heavy atom. The van der Waals surface area contributed by atoms with E-state index in [-0.39, 0.29) is 18.8 Å². The van der Waals surface area contributed by atoms with Gasteiger partial charge in [-0.05, 0) is 23.9 Å². The largest absolute Gasteiger partial charge is 0.460 e. The van der Waals surface area contributed by atoms with Crippen molar-refractivity contribution in [3.8, 4) is 5.75 Å². The molecule has 0 amide bonds. The van der Waals surface area contributed by atoms with Gasteiger partial charge >= 0.3 is 19.4 Å². The number of aromatic nitrogens is 2. The van der Waals surface area contributed by atoms with Gasteiger partial charge in [0.2, 0.25) is 5.82 Å². The smallest absolute Gasteiger partial charge is 0.459 e. The number of hydrogen-bond acceptors (Lipinski definition) is 10. The molecule has 6 atom stereocenters. The minimum absolute atomic E-state index is 0.0471. The quantitative estimate of drug-likeness (QED) is 0.132. The molecule has 15 heteroatoms. The molecule has 45 heavy (non-hydrogen) atoms. The van der Waals surface area contributed by atoms with Gasteiger partial charge in [0.15, 0.2) is 0 Å². The molecule has 1 fully saturated rings. The number of rotatable bonds is 12. The van der Waals surface area contributed by atoms with Crippen molar-refractivity contribution in [2.75, 3.05) is 6.61 Å². The van der Waals surface area contributed by atoms with Crippen LogP contribution in [0.5, 0.6) is 5.75 Å². The van der Waals surface area contributed by atoms with Crippen LogP contribution in [0.1, 0.15) is 25.1 Å². The molecule has 4 aromatic rings. The van der Waals surface area contributed by atoms with Crippen molar-refractivity contribution >= 4 is 24.5 Å². The first-order valence-electron chi connectivity index (χ1n) is 14.0. The van der Waals surface area contributed by atoms with Crippen LogP contribution in [0.25, 0.3) is 10.8 Å². The summed E-state index contributed by atoms with van der Waals surface area (Å²) in [6, 6.07) is 19.8. The van der Waals surface area contributed by atoms with Crippen LogP contribution in [0.4, 0.5) is 4.39 Å². The Kier molecular flexibility index (Phi) is 9.93. The number of fused-ring (bicyclic) bond motifs is 1. The van der Waals surface area contributed by atoms with Crippen molar-refractivity contribution in [3.63, 3.8) is 0 Å². The van der Waals surface area contributed by atoms with Gasteiger partial charge in [0.25, 0.3) is 5.56 Å². The van der Waals surface area contributed by atoms with Gasteiger partial charge in [-0.3, -0.25) is 23.7 Å². The average molecular weight is 644 g/mol. The van der Waals surface area contributed by atoms with Crippen LogP contribution >= 0.6 is 7.75 Å². The summed E-state index contributed by atoms with van der Waals surface area (Å²) in [5.74, 6) is -1.90. The summed E-state index contributed by atoms with van der Waals surface area (Å²) >= 11 is 0. The number of nitrogens with one attached hydrogen (secondary N) is 2. The maximum absolute atomic E-state index is 14.4. The van der Waals surface area contributed by atoms with E-state index in [4.69, 9.17) is 18.5 Å². The summed E-state index contributed by atoms with van der Waals surface area (Å²) in [7, 11) is -4.60. The molecule has 1 aliphatic rings. The first-order chi connectivity index (χ1) is 21.6. The number of nitrogens with zero attached hydrogens (tertiary/aromatic N) is 1. The number of aromatic amines is 1. The summed E-state index contributed by atoms with van der Waals surface area (Å²) in [6.07, 6.45) is -5.22. The summed E-state index contributed by atoms with van der Waals surface area (Å²) < 4.78 is 51.8. The maximum atomic E-state index is 14.4. The first-order valence-corrected chi connectivity index (χ1v) is 15.5. The Hall–Kier alpha value is -4.17. The van der Waals surface area contributed by atoms with E-state index in [1.54, 1.807) is 53.5 Å². The van der Waals surface area contributed by atoms with Gasteiger partial charge in [-0.1, -0.05) is 66.7 Å². The Labute approximate surface area is 255 Å². The van der Waals surface area contributed by atoms with E-state index >= 15 is 0 Å². The highest BCUT2D eigenvalue weighted by molar-refractivity contribution is 7.52. The van der Waals surface area contributed by atoms with E-state index in [0.717, 1.165) is 15.5 Å². The number of esters is 1. The molecule has 1 aliphatic heterocycles. The number of aliphatic hydroxyl groups excluding tert-OH is 2. The molecule has 5 rings (SSSR count). The van der Waals surface area contributed by atoms with Gasteiger partial charge < -0.3 is 24.2 Å². The zero-order valence-electron chi connectivity index (χ0n) is 23.9. The Morgan fingerprint density at radius 1 is 1.13 bits per heavy atom. The Bertz CT molecular complexity index is 1810. The lowest BCUT2D eigenvalue weighted by molar-refractivity contribution is -0.146. The topological polar surface area (TPSA) is 178 Å². The van der Waals surface area contributed by atoms with Crippen LogP contribution in [0.3, 0.4) is 0 Å². The van der Waals surface area contributed by atoms with Gasteiger partial charge in [0.05, 0.1) is 18.9 Å². The molecular formula is C30H31FN3O10P. The minimum atomic E-state index is -4.60. The summed E-state index contributed by atoms with van der Waals surface area (Å²) in [5.41, 5.74) is -1.49. The molecule has 238 valence electrons. The fourth-order valence-corrected chi connectivity index (χ4v) is 6.56. The number of halogens is 1. The number of aliphatic hydroxyl groups is 2. The third-order valence-corrected chi connectivity index (χ3v) is 8.78. The molecular weight excluding hydrogens is 612 g/mol. The molecule has 2 heterocycles. The predicted octanol–water partition coefficient (Wildman–Crippen LogP) is 2.76. The molecule has 1 aromatic heterocycles. The van der Waals surface area contributed by atoms with E-state index in [9.17, 15) is 33.6 Å². The third kappa shape index (κ3) is 7.56. The van der Waals surface area contributed by atoms with Crippen LogP contribution in [-0.2, 0) is 30.0 Å². The Morgan fingerprint density at radius 2 is 1.84 bits per heavy atom. The SMILES string of the molecule is C[C@H](N[P@](=O)(Oc1cccc2ccccc12)O[C@H](CO)[C@H]1O[C@@H](n2cc(F)c(=O)[nH]c2=O)CC1O)C(=O)OCc1ccccc1. The highest BCUT2D eigenvalue weighted by Gasteiger charge is 2.45. The fraction of sp³-hybridized carbons (Fsp3) is 0.300. The third-order valence-electron chi connectivity index (χ3n) is 7.09. The average Bonchev–Trinajstić information content (AvgIpc) is 3.42. The molecule has 1 unspecified atom stereocenters. The molecule has 0 saturated carbocycles. The second-order valence-electron chi connectivity index (χ2n) is 10.3. The maximum Gasteiger partial charge on any atom is 0.459 e. The number of carbonyl (C=O) groups excluding carboxylic acids is 1. The van der Waals surface area contributed by atoms with E-state index in [0.29, 0.717) is 11.6 Å². The highest BCUT2D eigenvalue weighted by Crippen LogP contribution is 2.49. The fourth-order valence-electron chi connectivity index (χ4n) is 4.86. The molecule has 1 saturated heterocycles. The number of H-pyrrole nitrogens is 1. The minimum Gasteiger partial charge on any atom is -0.460 e. The van der Waals surface area contributed by atoms with Crippen molar-refractivity contribution in [1.82, 2.24) is 14.6 Å². The second kappa shape index (κ2) is 13.9. The molecule has 0 radical (unpaired) electrons. The molecule has 13 nitrogen and oxygen atoms in total. The van der Waals surface area contributed by atoms with Crippen LogP contribution in [-0.4, -0.2) is 56.7 Å². The molecule has 0 spiro atoms. The highest BCUT2D eigenvalue weighted by atomic mass is 31.2. The van der Waals surface area contributed by atoms with Gasteiger partial charge in [-0.15, -0.1) is 0 Å². The van der Waals surface area contributed by atoms with Gasteiger partial charge in [0, 0.05) is 11.8 Å². The van der Waals surface area contributed by atoms with E-state index in [2.05, 4.69) is 5.09 Å². The normalized spacial score (nSPS) is 20.8. The van der Waals surface area contributed by atoms with Crippen molar-refractivity contribution in [3.05, 3.63) is 111 Å². The van der Waals surface area contributed by atoms with Crippen LogP contribution in [0.15, 0.2) is 88.6 Å². The number of hydrogen-bond donors (Lipinski definition) is 4. The van der Waals surface area contributed by atoms with Crippen LogP contribution in [0.2, 0.25) is 0 Å². The summed E-state index contributed by atoms with van der Waals surface area (Å²) in [6.45, 7) is 0.493. The standard InChI is InChI=1S/C30H31FN3O10P/c1-18(29(38)41-17-19-8-3-2-4-9-19)33-45(40,43-24-13-7-11-20-10-5-6-12-21(20)24)44-25(16-35)27-23(36)14-26(42-27)34-15-22(31)28(37)32-30(34)39/h2-13,15,18,23,25-27,35-36H,14,16-17H2,1H3,(H,33,40)(H,32,37,39)/t18-,23?,25+,26+,27-,45-/m0/s1. The van der Waals surface area contributed by atoms with Crippen molar-refractivity contribution in [1.29, 1.82) is 0 Å². The molecule has 3 aromatic carbocycles. The van der Waals surface area contributed by atoms with Crippen LogP contribution < -0.4 is 20.9 Å². The molecule has 0 bridgehead atoms. The molecule has 4 N–H and O–H groups in total. The lowest BCUT2D eigenvalue weighted by Crippen LogP contribution is -2.42. The van der Waals surface area contributed by atoms with E-state index in [1.165, 1.54) is 6.92 Å². The van der Waals surface area contributed by atoms with Crippen molar-refractivity contribution in [2.24, 2.45) is 0 Å². The monoisotopic (exact) mass is 643 g/mol. The number of benzene rings is 3. The van der Waals surface area contributed by atoms with Gasteiger partial charge in [-0.2, -0.15) is 9.48 Å². The molecule has 0 aliphatic carbocycles. The van der Waals surface area contributed by atoms with E-state index < -0.39 is 68.0 Å². The van der Waals surface area contributed by atoms with Crippen molar-refractivity contribution in [2.45, 2.75) is 50.5 Å². The zero-order chi connectivity index (χ0) is 32.1. The summed E-state index contributed by atoms with van der Waals surface area (Å²) in [5, 5.41) is 24.9. The lowest BCUT2D eigenvalue weighted by atomic mass is 10.1. The predicted molar refractivity (Wildman–Crippen MR) is 159 cm³/mol. The summed E-state index contributed by atoms with van der Waals surface area (Å²) in [4.78, 5) is 38.4. The zero-order valence-corrected chi connectivity index (χ0v) is 24.8. The first kappa shape index (κ1) is 32.2. The van der Waals surface area contributed by atoms with E-state index in [1.807, 2.05) is 24.3 Å². The number of ether oxygens (including phenoxy) is 2.